The number of anilines is 1. The molecule has 0 aliphatic rings. The Bertz CT molecular complexity index is 341. The van der Waals surface area contributed by atoms with Gasteiger partial charge in [-0.15, -0.1) is 6.58 Å². The molecule has 0 aliphatic heterocycles. The van der Waals surface area contributed by atoms with Gasteiger partial charge in [-0.1, -0.05) is 22.7 Å². The van der Waals surface area contributed by atoms with E-state index in [1.807, 2.05) is 6.07 Å². The lowest BCUT2D eigenvalue weighted by Gasteiger charge is -2.11. The van der Waals surface area contributed by atoms with Crippen LogP contribution in [0.5, 0.6) is 0 Å². The maximum Gasteiger partial charge on any atom is 0.101 e. The molecule has 0 aliphatic carbocycles. The van der Waals surface area contributed by atoms with Crippen LogP contribution in [0.3, 0.4) is 0 Å². The highest BCUT2D eigenvalue weighted by Gasteiger charge is 2.07. The summed E-state index contributed by atoms with van der Waals surface area (Å²) in [5.74, 6) is 0. The number of rotatable bonds is 3. The molecule has 0 saturated carbocycles. The van der Waals surface area contributed by atoms with Gasteiger partial charge in [0.1, 0.15) is 6.07 Å². The number of nitriles is 1. The largest absolute Gasteiger partial charge is 0.207 e. The van der Waals surface area contributed by atoms with E-state index in [1.54, 1.807) is 24.3 Å². The highest BCUT2D eigenvalue weighted by Crippen LogP contribution is 2.19. The van der Waals surface area contributed by atoms with Crippen molar-refractivity contribution in [1.82, 2.24) is 0 Å². The maximum atomic E-state index is 13.2. The van der Waals surface area contributed by atoms with E-state index in [4.69, 9.17) is 5.26 Å². The van der Waals surface area contributed by atoms with Crippen molar-refractivity contribution in [3.05, 3.63) is 42.5 Å². The third kappa shape index (κ3) is 2.06. The second kappa shape index (κ2) is 4.27. The molecule has 0 atom stereocenters. The maximum absolute atomic E-state index is 13.2. The molecule has 0 bridgehead atoms. The van der Waals surface area contributed by atoms with Crippen LogP contribution in [-0.2, 0) is 0 Å². The zero-order chi connectivity index (χ0) is 9.68. The van der Waals surface area contributed by atoms with E-state index < -0.39 is 0 Å². The average Bonchev–Trinajstić information content (AvgIpc) is 2.18. The van der Waals surface area contributed by atoms with Gasteiger partial charge in [0.05, 0.1) is 17.8 Å². The van der Waals surface area contributed by atoms with Crippen LogP contribution in [0.4, 0.5) is 10.2 Å². The molecule has 0 radical (unpaired) electrons. The summed E-state index contributed by atoms with van der Waals surface area (Å²) in [6, 6.07) is 8.44. The van der Waals surface area contributed by atoms with Crippen molar-refractivity contribution >= 4 is 5.69 Å². The van der Waals surface area contributed by atoms with E-state index in [-0.39, 0.29) is 12.2 Å². The Kier molecular flexibility index (Phi) is 3.04. The second-order valence-corrected chi connectivity index (χ2v) is 2.46. The molecular weight excluding hydrogens is 167 g/mol. The minimum absolute atomic E-state index is 0.0820. The van der Waals surface area contributed by atoms with Gasteiger partial charge < -0.3 is 0 Å². The minimum atomic E-state index is 0.0820. The van der Waals surface area contributed by atoms with Crippen molar-refractivity contribution in [2.45, 2.75) is 0 Å². The first kappa shape index (κ1) is 9.27. The van der Waals surface area contributed by atoms with Gasteiger partial charge in [0, 0.05) is 0 Å². The standard InChI is InChI=1S/C10H9FN2/c1-2-7-13(11)10-6-4-3-5-9(10)8-12/h2-6H,1,7H2. The first-order valence-corrected chi connectivity index (χ1v) is 3.83. The van der Waals surface area contributed by atoms with Crippen molar-refractivity contribution in [3.63, 3.8) is 0 Å². The highest BCUT2D eigenvalue weighted by atomic mass is 19.2. The average molecular weight is 176 g/mol. The number of para-hydroxylation sites is 1. The van der Waals surface area contributed by atoms with Crippen molar-refractivity contribution in [2.24, 2.45) is 0 Å². The number of hydrogen-bond acceptors (Lipinski definition) is 2. The monoisotopic (exact) mass is 176 g/mol. The summed E-state index contributed by atoms with van der Waals surface area (Å²) in [5.41, 5.74) is 0.608. The molecule has 0 heterocycles. The van der Waals surface area contributed by atoms with Gasteiger partial charge in [-0.3, -0.25) is 0 Å². The van der Waals surface area contributed by atoms with Crippen LogP contribution in [-0.4, -0.2) is 6.54 Å². The lowest BCUT2D eigenvalue weighted by Crippen LogP contribution is -2.12. The van der Waals surface area contributed by atoms with Crippen molar-refractivity contribution in [2.75, 3.05) is 11.7 Å². The summed E-state index contributed by atoms with van der Waals surface area (Å²) >= 11 is 0. The van der Waals surface area contributed by atoms with E-state index >= 15 is 0 Å². The van der Waals surface area contributed by atoms with Gasteiger partial charge in [0.2, 0.25) is 0 Å². The van der Waals surface area contributed by atoms with Crippen LogP contribution >= 0.6 is 0 Å². The molecule has 1 aromatic carbocycles. The minimum Gasteiger partial charge on any atom is -0.207 e. The molecule has 0 aromatic heterocycles. The Morgan fingerprint density at radius 1 is 1.54 bits per heavy atom. The molecule has 0 unspecified atom stereocenters. The topological polar surface area (TPSA) is 27.0 Å². The van der Waals surface area contributed by atoms with Gasteiger partial charge in [-0.05, 0) is 12.1 Å². The van der Waals surface area contributed by atoms with Gasteiger partial charge in [0.25, 0.3) is 0 Å². The fourth-order valence-electron chi connectivity index (χ4n) is 0.991. The summed E-state index contributed by atoms with van der Waals surface area (Å²) in [7, 11) is 0. The van der Waals surface area contributed by atoms with E-state index in [1.165, 1.54) is 6.08 Å². The molecule has 3 heteroatoms. The highest BCUT2D eigenvalue weighted by molar-refractivity contribution is 5.57. The normalized spacial score (nSPS) is 8.92. The summed E-state index contributed by atoms with van der Waals surface area (Å²) in [6.07, 6.45) is 1.44. The van der Waals surface area contributed by atoms with Crippen molar-refractivity contribution < 1.29 is 4.48 Å². The molecule has 66 valence electrons. The fraction of sp³-hybridized carbons (Fsp3) is 0.100. The molecule has 1 rings (SSSR count). The lowest BCUT2D eigenvalue weighted by molar-refractivity contribution is 0.455. The van der Waals surface area contributed by atoms with Crippen LogP contribution in [0.15, 0.2) is 36.9 Å². The summed E-state index contributed by atoms with van der Waals surface area (Å²) < 4.78 is 13.2. The van der Waals surface area contributed by atoms with E-state index in [0.29, 0.717) is 10.7 Å². The summed E-state index contributed by atoms with van der Waals surface area (Å²) in [4.78, 5) is 0. The predicted octanol–water partition coefficient (Wildman–Crippen LogP) is 2.44. The number of benzene rings is 1. The van der Waals surface area contributed by atoms with E-state index in [0.717, 1.165) is 0 Å². The first-order valence-electron chi connectivity index (χ1n) is 3.83. The van der Waals surface area contributed by atoms with Crippen LogP contribution in [0.1, 0.15) is 5.56 Å². The van der Waals surface area contributed by atoms with Crippen molar-refractivity contribution in [3.8, 4) is 6.07 Å². The van der Waals surface area contributed by atoms with Gasteiger partial charge in [0.15, 0.2) is 0 Å². The fourth-order valence-corrected chi connectivity index (χ4v) is 0.991. The molecule has 1 aromatic rings. The molecule has 0 spiro atoms. The molecule has 0 saturated heterocycles. The van der Waals surface area contributed by atoms with Gasteiger partial charge in [-0.25, -0.2) is 5.12 Å². The SMILES string of the molecule is C=CCN(F)c1ccccc1C#N. The Balaban J connectivity index is 2.99. The van der Waals surface area contributed by atoms with E-state index in [9.17, 15) is 4.48 Å². The Hall–Kier alpha value is -1.82. The van der Waals surface area contributed by atoms with Crippen LogP contribution in [0, 0.1) is 11.3 Å². The Labute approximate surface area is 76.5 Å². The van der Waals surface area contributed by atoms with Gasteiger partial charge >= 0.3 is 0 Å². The molecule has 13 heavy (non-hydrogen) atoms. The molecule has 0 fully saturated rings. The quantitative estimate of drug-likeness (QED) is 0.522. The first-order chi connectivity index (χ1) is 6.29. The lowest BCUT2D eigenvalue weighted by atomic mass is 10.2. The Morgan fingerprint density at radius 3 is 2.85 bits per heavy atom. The van der Waals surface area contributed by atoms with Crippen LogP contribution in [0.2, 0.25) is 0 Å². The Morgan fingerprint density at radius 2 is 2.23 bits per heavy atom. The number of nitrogens with zero attached hydrogens (tertiary/aromatic N) is 2. The van der Waals surface area contributed by atoms with Gasteiger partial charge in [-0.2, -0.15) is 5.26 Å². The third-order valence-electron chi connectivity index (χ3n) is 1.58. The summed E-state index contributed by atoms with van der Waals surface area (Å²) in [6.45, 7) is 3.50. The van der Waals surface area contributed by atoms with Crippen LogP contribution in [0.25, 0.3) is 0 Å². The molecular formula is C10H9FN2. The second-order valence-electron chi connectivity index (χ2n) is 2.46. The van der Waals surface area contributed by atoms with Crippen LogP contribution < -0.4 is 5.12 Å². The zero-order valence-electron chi connectivity index (χ0n) is 7.07. The smallest absolute Gasteiger partial charge is 0.101 e. The molecule has 0 amide bonds. The summed E-state index contributed by atoms with van der Waals surface area (Å²) in [5, 5.41) is 9.16. The zero-order valence-corrected chi connectivity index (χ0v) is 7.07. The van der Waals surface area contributed by atoms with Crippen molar-refractivity contribution in [1.29, 1.82) is 5.26 Å². The predicted molar refractivity (Wildman–Crippen MR) is 49.8 cm³/mol. The molecule has 2 nitrogen and oxygen atoms in total. The number of hydrogen-bond donors (Lipinski definition) is 0. The number of halogens is 1. The molecule has 0 N–H and O–H groups in total. The third-order valence-corrected chi connectivity index (χ3v) is 1.58. The van der Waals surface area contributed by atoms with E-state index in [2.05, 4.69) is 6.58 Å².